The molecule has 1 aromatic rings. The van der Waals surface area contributed by atoms with E-state index in [9.17, 15) is 4.79 Å². The number of nitrogens with zero attached hydrogens (tertiary/aromatic N) is 2. The predicted molar refractivity (Wildman–Crippen MR) is 107 cm³/mol. The summed E-state index contributed by atoms with van der Waals surface area (Å²) < 4.78 is 16.3. The molecule has 1 amide bonds. The van der Waals surface area contributed by atoms with E-state index < -0.39 is 0 Å². The molecule has 0 aromatic heterocycles. The SMILES string of the molecule is COCCN1CCC2(CCN(Cc3cc(OC)c(SC)cc3OC)C2)C1=O. The minimum absolute atomic E-state index is 0.218. The van der Waals surface area contributed by atoms with Gasteiger partial charge >= 0.3 is 0 Å². The Kier molecular flexibility index (Phi) is 6.55. The molecule has 150 valence electrons. The molecule has 2 fully saturated rings. The molecule has 2 heterocycles. The summed E-state index contributed by atoms with van der Waals surface area (Å²) in [7, 11) is 5.08. The Labute approximate surface area is 166 Å². The number of hydrogen-bond acceptors (Lipinski definition) is 6. The Morgan fingerprint density at radius 2 is 1.85 bits per heavy atom. The zero-order valence-corrected chi connectivity index (χ0v) is 17.6. The number of rotatable bonds is 8. The summed E-state index contributed by atoms with van der Waals surface area (Å²) in [4.78, 5) is 18.3. The van der Waals surface area contributed by atoms with Crippen LogP contribution < -0.4 is 9.47 Å². The Balaban J connectivity index is 1.71. The number of likely N-dealkylation sites (tertiary alicyclic amines) is 2. The molecule has 2 aliphatic heterocycles. The van der Waals surface area contributed by atoms with Gasteiger partial charge in [0.15, 0.2) is 0 Å². The predicted octanol–water partition coefficient (Wildman–Crippen LogP) is 2.50. The van der Waals surface area contributed by atoms with E-state index in [0.29, 0.717) is 19.1 Å². The minimum Gasteiger partial charge on any atom is -0.496 e. The molecule has 1 spiro atoms. The van der Waals surface area contributed by atoms with Gasteiger partial charge in [0.1, 0.15) is 11.5 Å². The second-order valence-corrected chi connectivity index (χ2v) is 8.14. The van der Waals surface area contributed by atoms with Gasteiger partial charge in [0.25, 0.3) is 0 Å². The van der Waals surface area contributed by atoms with E-state index in [-0.39, 0.29) is 5.41 Å². The van der Waals surface area contributed by atoms with Gasteiger partial charge in [-0.3, -0.25) is 9.69 Å². The lowest BCUT2D eigenvalue weighted by atomic mass is 9.85. The number of thioether (sulfide) groups is 1. The Morgan fingerprint density at radius 3 is 2.52 bits per heavy atom. The Bertz CT molecular complexity index is 684. The standard InChI is InChI=1S/C20H30N2O4S/c1-24-10-9-22-8-6-20(19(22)23)5-7-21(14-20)13-15-11-17(26-3)18(27-4)12-16(15)25-2/h11-12H,5-10,13-14H2,1-4H3. The van der Waals surface area contributed by atoms with Crippen molar-refractivity contribution in [2.45, 2.75) is 24.3 Å². The van der Waals surface area contributed by atoms with Crippen LogP contribution in [0.2, 0.25) is 0 Å². The molecule has 1 aromatic carbocycles. The van der Waals surface area contributed by atoms with Gasteiger partial charge < -0.3 is 19.1 Å². The van der Waals surface area contributed by atoms with Crippen LogP contribution in [0.15, 0.2) is 17.0 Å². The van der Waals surface area contributed by atoms with E-state index >= 15 is 0 Å². The summed E-state index contributed by atoms with van der Waals surface area (Å²) in [6, 6.07) is 4.11. The van der Waals surface area contributed by atoms with Crippen molar-refractivity contribution >= 4 is 17.7 Å². The molecule has 2 aliphatic rings. The summed E-state index contributed by atoms with van der Waals surface area (Å²) in [5.74, 6) is 2.04. The van der Waals surface area contributed by atoms with E-state index in [1.165, 1.54) is 0 Å². The summed E-state index contributed by atoms with van der Waals surface area (Å²) >= 11 is 1.64. The molecule has 1 atom stereocenters. The summed E-state index contributed by atoms with van der Waals surface area (Å²) in [6.07, 6.45) is 3.90. The first-order chi connectivity index (χ1) is 13.1. The number of carbonyl (C=O) groups excluding carboxylic acids is 1. The highest BCUT2D eigenvalue weighted by molar-refractivity contribution is 7.98. The topological polar surface area (TPSA) is 51.2 Å². The molecule has 0 aliphatic carbocycles. The summed E-state index contributed by atoms with van der Waals surface area (Å²) in [6.45, 7) is 4.64. The maximum Gasteiger partial charge on any atom is 0.230 e. The Hall–Kier alpha value is -1.44. The molecule has 3 rings (SSSR count). The number of ether oxygens (including phenoxy) is 3. The van der Waals surface area contributed by atoms with Crippen LogP contribution >= 0.6 is 11.8 Å². The van der Waals surface area contributed by atoms with Gasteiger partial charge in [0, 0.05) is 38.9 Å². The molecular formula is C20H30N2O4S. The van der Waals surface area contributed by atoms with Crippen LogP contribution in [0, 0.1) is 5.41 Å². The molecule has 7 heteroatoms. The number of hydrogen-bond donors (Lipinski definition) is 0. The zero-order valence-electron chi connectivity index (χ0n) is 16.7. The van der Waals surface area contributed by atoms with Gasteiger partial charge in [-0.2, -0.15) is 0 Å². The third-order valence-electron chi connectivity index (χ3n) is 5.78. The first-order valence-corrected chi connectivity index (χ1v) is 10.6. The van der Waals surface area contributed by atoms with Crippen LogP contribution in [0.5, 0.6) is 11.5 Å². The van der Waals surface area contributed by atoms with Crippen molar-refractivity contribution in [1.82, 2.24) is 9.80 Å². The van der Waals surface area contributed by atoms with Crippen molar-refractivity contribution in [3.8, 4) is 11.5 Å². The third kappa shape index (κ3) is 4.05. The molecule has 0 saturated carbocycles. The van der Waals surface area contributed by atoms with E-state index in [1.54, 1.807) is 33.1 Å². The fourth-order valence-corrected chi connectivity index (χ4v) is 4.80. The number of carbonyl (C=O) groups is 1. The molecule has 2 saturated heterocycles. The average Bonchev–Trinajstić information content (AvgIpc) is 3.24. The quantitative estimate of drug-likeness (QED) is 0.632. The minimum atomic E-state index is -0.218. The smallest absolute Gasteiger partial charge is 0.230 e. The van der Waals surface area contributed by atoms with Gasteiger partial charge in [0.05, 0.1) is 31.1 Å². The largest absolute Gasteiger partial charge is 0.496 e. The third-order valence-corrected chi connectivity index (χ3v) is 6.54. The van der Waals surface area contributed by atoms with E-state index in [0.717, 1.165) is 61.0 Å². The maximum absolute atomic E-state index is 12.9. The van der Waals surface area contributed by atoms with Gasteiger partial charge in [-0.25, -0.2) is 0 Å². The normalized spacial score (nSPS) is 22.8. The highest BCUT2D eigenvalue weighted by Gasteiger charge is 2.50. The van der Waals surface area contributed by atoms with Crippen molar-refractivity contribution in [3.05, 3.63) is 17.7 Å². The summed E-state index contributed by atoms with van der Waals surface area (Å²) in [5, 5.41) is 0. The van der Waals surface area contributed by atoms with Gasteiger partial charge in [-0.1, -0.05) is 0 Å². The van der Waals surface area contributed by atoms with E-state index in [2.05, 4.69) is 11.0 Å². The van der Waals surface area contributed by atoms with Crippen molar-refractivity contribution in [1.29, 1.82) is 0 Å². The van der Waals surface area contributed by atoms with Crippen LogP contribution in [0.3, 0.4) is 0 Å². The lowest BCUT2D eigenvalue weighted by molar-refractivity contribution is -0.136. The monoisotopic (exact) mass is 394 g/mol. The highest BCUT2D eigenvalue weighted by Crippen LogP contribution is 2.42. The van der Waals surface area contributed by atoms with Gasteiger partial charge in [0.2, 0.25) is 5.91 Å². The first kappa shape index (κ1) is 20.3. The number of methoxy groups -OCH3 is 3. The number of benzene rings is 1. The Morgan fingerprint density at radius 1 is 1.11 bits per heavy atom. The van der Waals surface area contributed by atoms with Crippen LogP contribution in [-0.4, -0.2) is 76.1 Å². The zero-order chi connectivity index (χ0) is 19.4. The molecule has 0 N–H and O–H groups in total. The lowest BCUT2D eigenvalue weighted by Gasteiger charge is -2.24. The number of amides is 1. The fourth-order valence-electron chi connectivity index (χ4n) is 4.24. The van der Waals surface area contributed by atoms with Crippen LogP contribution in [-0.2, 0) is 16.1 Å². The first-order valence-electron chi connectivity index (χ1n) is 9.36. The van der Waals surface area contributed by atoms with Crippen LogP contribution in [0.25, 0.3) is 0 Å². The molecular weight excluding hydrogens is 364 g/mol. The maximum atomic E-state index is 12.9. The average molecular weight is 395 g/mol. The van der Waals surface area contributed by atoms with Crippen LogP contribution in [0.1, 0.15) is 18.4 Å². The van der Waals surface area contributed by atoms with Crippen molar-refractivity contribution < 1.29 is 19.0 Å². The van der Waals surface area contributed by atoms with E-state index in [1.807, 2.05) is 17.2 Å². The second kappa shape index (κ2) is 8.71. The van der Waals surface area contributed by atoms with Crippen molar-refractivity contribution in [3.63, 3.8) is 0 Å². The fraction of sp³-hybridized carbons (Fsp3) is 0.650. The lowest BCUT2D eigenvalue weighted by Crippen LogP contribution is -2.38. The van der Waals surface area contributed by atoms with Gasteiger partial charge in [-0.15, -0.1) is 11.8 Å². The summed E-state index contributed by atoms with van der Waals surface area (Å²) in [5.41, 5.74) is 0.885. The second-order valence-electron chi connectivity index (χ2n) is 7.30. The molecule has 1 unspecified atom stereocenters. The van der Waals surface area contributed by atoms with E-state index in [4.69, 9.17) is 14.2 Å². The molecule has 27 heavy (non-hydrogen) atoms. The molecule has 0 bridgehead atoms. The molecule has 6 nitrogen and oxygen atoms in total. The highest BCUT2D eigenvalue weighted by atomic mass is 32.2. The molecule has 0 radical (unpaired) electrons. The van der Waals surface area contributed by atoms with Crippen molar-refractivity contribution in [2.75, 3.05) is 60.4 Å². The van der Waals surface area contributed by atoms with Gasteiger partial charge in [-0.05, 0) is 37.8 Å². The van der Waals surface area contributed by atoms with Crippen molar-refractivity contribution in [2.24, 2.45) is 5.41 Å². The van der Waals surface area contributed by atoms with Crippen LogP contribution in [0.4, 0.5) is 0 Å².